The number of furan rings is 1. The minimum atomic E-state index is -0.412. The second kappa shape index (κ2) is 8.52. The minimum Gasteiger partial charge on any atom is -0.463 e. The number of aromatic nitrogens is 1. The molecule has 4 rings (SSSR count). The number of hydrogen-bond donors (Lipinski definition) is 1. The van der Waals surface area contributed by atoms with Crippen LogP contribution in [0.3, 0.4) is 0 Å². The number of rotatable bonds is 5. The van der Waals surface area contributed by atoms with E-state index in [1.807, 2.05) is 31.2 Å². The largest absolute Gasteiger partial charge is 0.463 e. The van der Waals surface area contributed by atoms with Gasteiger partial charge in [-0.1, -0.05) is 37.5 Å². The predicted octanol–water partition coefficient (Wildman–Crippen LogP) is 5.25. The fraction of sp³-hybridized carbons (Fsp3) is 0.333. The van der Waals surface area contributed by atoms with Crippen molar-refractivity contribution < 1.29 is 9.21 Å². The van der Waals surface area contributed by atoms with Gasteiger partial charge in [-0.05, 0) is 49.9 Å². The molecular weight excluding hydrogens is 364 g/mol. The van der Waals surface area contributed by atoms with Crippen molar-refractivity contribution in [3.8, 4) is 11.5 Å². The Morgan fingerprint density at radius 2 is 1.86 bits per heavy atom. The summed E-state index contributed by atoms with van der Waals surface area (Å²) in [7, 11) is 0. The molecule has 150 valence electrons. The van der Waals surface area contributed by atoms with Crippen LogP contribution in [-0.2, 0) is 6.54 Å². The number of hydrogen-bond acceptors (Lipinski definition) is 3. The molecule has 1 aliphatic rings. The van der Waals surface area contributed by atoms with E-state index in [-0.39, 0.29) is 11.0 Å². The Balaban J connectivity index is 1.80. The molecule has 0 saturated heterocycles. The van der Waals surface area contributed by atoms with Crippen LogP contribution in [0, 0.1) is 12.8 Å². The van der Waals surface area contributed by atoms with Gasteiger partial charge in [0, 0.05) is 24.0 Å². The molecule has 29 heavy (non-hydrogen) atoms. The quantitative estimate of drug-likeness (QED) is 0.647. The van der Waals surface area contributed by atoms with Gasteiger partial charge in [0.25, 0.3) is 5.91 Å². The molecule has 2 heterocycles. The lowest BCUT2D eigenvalue weighted by atomic mass is 9.89. The molecule has 5 heteroatoms. The van der Waals surface area contributed by atoms with Crippen molar-refractivity contribution in [1.82, 2.24) is 4.57 Å². The van der Waals surface area contributed by atoms with E-state index in [0.717, 1.165) is 12.2 Å². The first-order valence-electron chi connectivity index (χ1n) is 10.3. The number of benzene rings is 1. The zero-order valence-electron chi connectivity index (χ0n) is 16.7. The molecule has 0 radical (unpaired) electrons. The number of nitrogens with zero attached hydrogens (tertiary/aromatic N) is 1. The zero-order valence-corrected chi connectivity index (χ0v) is 16.7. The lowest BCUT2D eigenvalue weighted by Gasteiger charge is -2.26. The highest BCUT2D eigenvalue weighted by molar-refractivity contribution is 6.07. The van der Waals surface area contributed by atoms with Crippen LogP contribution in [0.15, 0.2) is 64.0 Å². The van der Waals surface area contributed by atoms with Gasteiger partial charge in [-0.25, -0.2) is 0 Å². The molecule has 1 N–H and O–H groups in total. The van der Waals surface area contributed by atoms with Crippen LogP contribution in [0.1, 0.15) is 48.2 Å². The first kappa shape index (κ1) is 19.2. The molecule has 1 aliphatic carbocycles. The second-order valence-electron chi connectivity index (χ2n) is 7.79. The summed E-state index contributed by atoms with van der Waals surface area (Å²) in [5, 5.41) is 2.86. The molecule has 2 aromatic heterocycles. The highest BCUT2D eigenvalue weighted by atomic mass is 16.3. The number of anilines is 1. The lowest BCUT2D eigenvalue weighted by Crippen LogP contribution is -2.28. The third-order valence-electron chi connectivity index (χ3n) is 5.70. The molecule has 1 amide bonds. The average molecular weight is 390 g/mol. The van der Waals surface area contributed by atoms with Gasteiger partial charge in [-0.3, -0.25) is 9.59 Å². The van der Waals surface area contributed by atoms with Gasteiger partial charge in [-0.2, -0.15) is 0 Å². The van der Waals surface area contributed by atoms with Crippen molar-refractivity contribution >= 4 is 11.6 Å². The SMILES string of the molecule is Cc1cc(=O)c(C(=O)Nc2ccccc2)c(-c2ccco2)n1CC1CCCCC1. The third-order valence-corrected chi connectivity index (χ3v) is 5.70. The van der Waals surface area contributed by atoms with Gasteiger partial charge >= 0.3 is 0 Å². The number of carbonyl (C=O) groups is 1. The van der Waals surface area contributed by atoms with Gasteiger partial charge in [0.1, 0.15) is 11.3 Å². The molecule has 0 atom stereocenters. The van der Waals surface area contributed by atoms with Crippen molar-refractivity contribution in [2.75, 3.05) is 5.32 Å². The van der Waals surface area contributed by atoms with Crippen LogP contribution in [0.25, 0.3) is 11.5 Å². The Bertz CT molecular complexity index is 1030. The molecule has 1 aromatic carbocycles. The fourth-order valence-electron chi connectivity index (χ4n) is 4.24. The maximum absolute atomic E-state index is 13.1. The molecule has 0 bridgehead atoms. The van der Waals surface area contributed by atoms with Crippen molar-refractivity contribution in [3.05, 3.63) is 76.3 Å². The van der Waals surface area contributed by atoms with E-state index in [1.54, 1.807) is 30.5 Å². The molecular formula is C24H26N2O3. The summed E-state index contributed by atoms with van der Waals surface area (Å²) >= 11 is 0. The number of amides is 1. The molecule has 1 fully saturated rings. The highest BCUT2D eigenvalue weighted by Gasteiger charge is 2.25. The van der Waals surface area contributed by atoms with Crippen LogP contribution in [0.4, 0.5) is 5.69 Å². The van der Waals surface area contributed by atoms with Crippen molar-refractivity contribution in [2.24, 2.45) is 5.92 Å². The van der Waals surface area contributed by atoms with E-state index in [9.17, 15) is 9.59 Å². The number of para-hydroxylation sites is 1. The van der Waals surface area contributed by atoms with E-state index in [2.05, 4.69) is 9.88 Å². The van der Waals surface area contributed by atoms with Crippen molar-refractivity contribution in [3.63, 3.8) is 0 Å². The monoisotopic (exact) mass is 390 g/mol. The maximum atomic E-state index is 13.1. The summed E-state index contributed by atoms with van der Waals surface area (Å²) in [6.45, 7) is 2.71. The van der Waals surface area contributed by atoms with Crippen LogP contribution in [-0.4, -0.2) is 10.5 Å². The predicted molar refractivity (Wildman–Crippen MR) is 114 cm³/mol. The summed E-state index contributed by atoms with van der Waals surface area (Å²) in [6.07, 6.45) is 7.69. The summed E-state index contributed by atoms with van der Waals surface area (Å²) in [6, 6.07) is 14.3. The van der Waals surface area contributed by atoms with Crippen molar-refractivity contribution in [1.29, 1.82) is 0 Å². The van der Waals surface area contributed by atoms with Gasteiger partial charge in [0.2, 0.25) is 0 Å². The molecule has 0 unspecified atom stereocenters. The summed E-state index contributed by atoms with van der Waals surface area (Å²) < 4.78 is 7.75. The van der Waals surface area contributed by atoms with Crippen LogP contribution < -0.4 is 10.7 Å². The van der Waals surface area contributed by atoms with Crippen molar-refractivity contribution in [2.45, 2.75) is 45.6 Å². The van der Waals surface area contributed by atoms with Gasteiger partial charge in [0.05, 0.1) is 6.26 Å². The first-order valence-corrected chi connectivity index (χ1v) is 10.3. The molecule has 3 aromatic rings. The summed E-state index contributed by atoms with van der Waals surface area (Å²) in [5.41, 5.74) is 1.91. The minimum absolute atomic E-state index is 0.130. The second-order valence-corrected chi connectivity index (χ2v) is 7.79. The average Bonchev–Trinajstić information content (AvgIpc) is 3.25. The van der Waals surface area contributed by atoms with Crippen LogP contribution in [0.2, 0.25) is 0 Å². The third kappa shape index (κ3) is 4.19. The molecule has 0 aliphatic heterocycles. The normalized spacial score (nSPS) is 14.7. The Labute approximate surface area is 170 Å². The van der Waals surface area contributed by atoms with E-state index < -0.39 is 5.91 Å². The number of pyridine rings is 1. The van der Waals surface area contributed by atoms with Gasteiger partial charge in [0.15, 0.2) is 11.2 Å². The first-order chi connectivity index (χ1) is 14.1. The smallest absolute Gasteiger partial charge is 0.261 e. The van der Waals surface area contributed by atoms with Crippen LogP contribution in [0.5, 0.6) is 0 Å². The molecule has 5 nitrogen and oxygen atoms in total. The number of carbonyl (C=O) groups excluding carboxylic acids is 1. The summed E-state index contributed by atoms with van der Waals surface area (Å²) in [4.78, 5) is 26.1. The molecule has 0 spiro atoms. The molecule has 1 saturated carbocycles. The lowest BCUT2D eigenvalue weighted by molar-refractivity contribution is 0.102. The Morgan fingerprint density at radius 1 is 1.10 bits per heavy atom. The Hall–Kier alpha value is -3.08. The van der Waals surface area contributed by atoms with E-state index >= 15 is 0 Å². The van der Waals surface area contributed by atoms with Crippen LogP contribution >= 0.6 is 0 Å². The highest BCUT2D eigenvalue weighted by Crippen LogP contribution is 2.30. The number of nitrogens with one attached hydrogen (secondary N) is 1. The topological polar surface area (TPSA) is 64.2 Å². The van der Waals surface area contributed by atoms with E-state index in [1.165, 1.54) is 32.1 Å². The van der Waals surface area contributed by atoms with Gasteiger partial charge < -0.3 is 14.3 Å². The number of aryl methyl sites for hydroxylation is 1. The fourth-order valence-corrected chi connectivity index (χ4v) is 4.24. The van der Waals surface area contributed by atoms with Gasteiger partial charge in [-0.15, -0.1) is 0 Å². The summed E-state index contributed by atoms with van der Waals surface area (Å²) in [5.74, 6) is 0.675. The maximum Gasteiger partial charge on any atom is 0.261 e. The standard InChI is InChI=1S/C24H26N2O3/c1-17-15-20(27)22(24(28)25-19-11-6-3-7-12-19)23(21-13-8-14-29-21)26(17)16-18-9-4-2-5-10-18/h3,6-8,11-15,18H,2,4-5,9-10,16H2,1H3,(H,25,28). The Morgan fingerprint density at radius 3 is 2.55 bits per heavy atom. The zero-order chi connectivity index (χ0) is 20.2. The van der Waals surface area contributed by atoms with E-state index in [0.29, 0.717) is 23.1 Å². The Kier molecular flexibility index (Phi) is 5.65. The van der Waals surface area contributed by atoms with E-state index in [4.69, 9.17) is 4.42 Å².